The highest BCUT2D eigenvalue weighted by molar-refractivity contribution is 5.78. The zero-order valence-electron chi connectivity index (χ0n) is 8.74. The Morgan fingerprint density at radius 2 is 2.07 bits per heavy atom. The van der Waals surface area contributed by atoms with Crippen molar-refractivity contribution in [1.82, 2.24) is 4.90 Å². The molecule has 0 aromatic carbocycles. The van der Waals surface area contributed by atoms with Gasteiger partial charge in [-0.2, -0.15) is 0 Å². The van der Waals surface area contributed by atoms with Crippen LogP contribution in [0, 0.1) is 5.92 Å². The summed E-state index contributed by atoms with van der Waals surface area (Å²) < 4.78 is 0. The van der Waals surface area contributed by atoms with Crippen molar-refractivity contribution < 1.29 is 4.79 Å². The van der Waals surface area contributed by atoms with Crippen molar-refractivity contribution in [3.8, 4) is 0 Å². The number of hydrogen-bond donors (Lipinski definition) is 2. The average molecular weight is 199 g/mol. The van der Waals surface area contributed by atoms with E-state index in [0.29, 0.717) is 18.9 Å². The van der Waals surface area contributed by atoms with Gasteiger partial charge in [-0.15, -0.1) is 0 Å². The third kappa shape index (κ3) is 3.27. The Kier molecular flexibility index (Phi) is 4.90. The minimum absolute atomic E-state index is 0.271. The molecule has 0 aromatic rings. The Morgan fingerprint density at radius 3 is 2.64 bits per heavy atom. The second kappa shape index (κ2) is 5.98. The maximum absolute atomic E-state index is 11.5. The van der Waals surface area contributed by atoms with Gasteiger partial charge >= 0.3 is 0 Å². The molecule has 0 spiro atoms. The molecular weight excluding hydrogens is 178 g/mol. The molecule has 4 N–H and O–H groups in total. The fraction of sp³-hybridized carbons (Fsp3) is 0.900. The van der Waals surface area contributed by atoms with E-state index in [4.69, 9.17) is 11.5 Å². The zero-order valence-corrected chi connectivity index (χ0v) is 8.74. The molecule has 4 nitrogen and oxygen atoms in total. The van der Waals surface area contributed by atoms with Crippen LogP contribution in [0.1, 0.15) is 25.7 Å². The number of rotatable bonds is 6. The number of carbonyl (C=O) groups is 1. The molecule has 0 aromatic heterocycles. The van der Waals surface area contributed by atoms with Crippen LogP contribution in [0.15, 0.2) is 0 Å². The summed E-state index contributed by atoms with van der Waals surface area (Å²) >= 11 is 0. The maximum atomic E-state index is 11.5. The van der Waals surface area contributed by atoms with Crippen LogP contribution < -0.4 is 11.5 Å². The van der Waals surface area contributed by atoms with E-state index >= 15 is 0 Å². The van der Waals surface area contributed by atoms with Crippen molar-refractivity contribution in [2.75, 3.05) is 26.2 Å². The molecule has 0 aliphatic carbocycles. The van der Waals surface area contributed by atoms with Crippen molar-refractivity contribution in [2.24, 2.45) is 17.4 Å². The first-order valence-corrected chi connectivity index (χ1v) is 5.45. The van der Waals surface area contributed by atoms with Gasteiger partial charge in [0, 0.05) is 19.5 Å². The van der Waals surface area contributed by atoms with Crippen molar-refractivity contribution in [3.05, 3.63) is 0 Å². The van der Waals surface area contributed by atoms with Gasteiger partial charge in [-0.3, -0.25) is 4.79 Å². The summed E-state index contributed by atoms with van der Waals surface area (Å²) in [5.74, 6) is 0.658. The molecule has 1 rings (SSSR count). The van der Waals surface area contributed by atoms with Crippen LogP contribution in [0.5, 0.6) is 0 Å². The van der Waals surface area contributed by atoms with Crippen LogP contribution in [0.25, 0.3) is 0 Å². The summed E-state index contributed by atoms with van der Waals surface area (Å²) in [7, 11) is 0. The number of unbranched alkanes of at least 4 members (excludes halogenated alkanes) is 2. The van der Waals surface area contributed by atoms with Crippen LogP contribution in [0.3, 0.4) is 0 Å². The second-order valence-electron chi connectivity index (χ2n) is 3.99. The first kappa shape index (κ1) is 11.5. The Bertz CT molecular complexity index is 184. The summed E-state index contributed by atoms with van der Waals surface area (Å²) in [6, 6.07) is 0. The maximum Gasteiger partial charge on any atom is 0.222 e. The lowest BCUT2D eigenvalue weighted by molar-refractivity contribution is -0.127. The lowest BCUT2D eigenvalue weighted by Gasteiger charge is -2.15. The lowest BCUT2D eigenvalue weighted by atomic mass is 10.1. The molecule has 1 amide bonds. The minimum atomic E-state index is 0.271. The normalized spacial score (nSPS) is 22.0. The van der Waals surface area contributed by atoms with Crippen LogP contribution in [0.4, 0.5) is 0 Å². The molecule has 0 radical (unpaired) electrons. The molecule has 0 bridgehead atoms. The van der Waals surface area contributed by atoms with Crippen molar-refractivity contribution in [3.63, 3.8) is 0 Å². The summed E-state index contributed by atoms with van der Waals surface area (Å²) in [5, 5.41) is 0. The number of nitrogens with two attached hydrogens (primary N) is 2. The predicted molar refractivity (Wildman–Crippen MR) is 56.6 cm³/mol. The largest absolute Gasteiger partial charge is 0.342 e. The average Bonchev–Trinajstić information content (AvgIpc) is 2.54. The predicted octanol–water partition coefficient (Wildman–Crippen LogP) is -0.0774. The van der Waals surface area contributed by atoms with Gasteiger partial charge in [0.2, 0.25) is 5.91 Å². The van der Waals surface area contributed by atoms with Crippen molar-refractivity contribution in [1.29, 1.82) is 0 Å². The molecular formula is C10H21N3O. The monoisotopic (exact) mass is 199 g/mol. The van der Waals surface area contributed by atoms with E-state index in [1.54, 1.807) is 0 Å². The van der Waals surface area contributed by atoms with Crippen molar-refractivity contribution in [2.45, 2.75) is 25.7 Å². The summed E-state index contributed by atoms with van der Waals surface area (Å²) in [6.45, 7) is 3.12. The summed E-state index contributed by atoms with van der Waals surface area (Å²) in [4.78, 5) is 13.4. The van der Waals surface area contributed by atoms with E-state index in [9.17, 15) is 4.79 Å². The summed E-state index contributed by atoms with van der Waals surface area (Å²) in [5.41, 5.74) is 10.9. The van der Waals surface area contributed by atoms with E-state index in [2.05, 4.69) is 0 Å². The molecule has 1 aliphatic rings. The number of likely N-dealkylation sites (tertiary alicyclic amines) is 1. The third-order valence-electron chi connectivity index (χ3n) is 2.76. The molecule has 1 unspecified atom stereocenters. The molecule has 1 heterocycles. The van der Waals surface area contributed by atoms with Gasteiger partial charge in [-0.05, 0) is 31.8 Å². The number of nitrogens with zero attached hydrogens (tertiary/aromatic N) is 1. The van der Waals surface area contributed by atoms with E-state index in [1.165, 1.54) is 0 Å². The highest BCUT2D eigenvalue weighted by atomic mass is 16.2. The molecule has 1 saturated heterocycles. The van der Waals surface area contributed by atoms with E-state index < -0.39 is 0 Å². The fourth-order valence-corrected chi connectivity index (χ4v) is 1.85. The Balaban J connectivity index is 2.15. The molecule has 1 atom stereocenters. The van der Waals surface area contributed by atoms with Crippen LogP contribution >= 0.6 is 0 Å². The Morgan fingerprint density at radius 1 is 1.29 bits per heavy atom. The number of amides is 1. The highest BCUT2D eigenvalue weighted by Gasteiger charge is 2.27. The van der Waals surface area contributed by atoms with Crippen molar-refractivity contribution >= 4 is 5.91 Å². The third-order valence-corrected chi connectivity index (χ3v) is 2.76. The lowest BCUT2D eigenvalue weighted by Crippen LogP contribution is -2.27. The Hall–Kier alpha value is -0.610. The zero-order chi connectivity index (χ0) is 10.4. The van der Waals surface area contributed by atoms with Gasteiger partial charge < -0.3 is 16.4 Å². The topological polar surface area (TPSA) is 72.3 Å². The number of carbonyl (C=O) groups excluding carboxylic acids is 1. The van der Waals surface area contributed by atoms with Crippen LogP contribution in [0.2, 0.25) is 0 Å². The molecule has 4 heteroatoms. The van der Waals surface area contributed by atoms with Gasteiger partial charge in [-0.1, -0.05) is 6.42 Å². The standard InChI is InChI=1S/C10H21N3O/c11-4-2-1-3-5-13-8-9(7-12)6-10(13)14/h9H,1-8,11-12H2. The summed E-state index contributed by atoms with van der Waals surface area (Å²) in [6.07, 6.45) is 3.89. The first-order chi connectivity index (χ1) is 6.77. The fourth-order valence-electron chi connectivity index (χ4n) is 1.85. The van der Waals surface area contributed by atoms with E-state index in [0.717, 1.165) is 38.9 Å². The quantitative estimate of drug-likeness (QED) is 0.588. The van der Waals surface area contributed by atoms with Gasteiger partial charge in [0.15, 0.2) is 0 Å². The number of hydrogen-bond acceptors (Lipinski definition) is 3. The second-order valence-corrected chi connectivity index (χ2v) is 3.99. The molecule has 1 aliphatic heterocycles. The Labute approximate surface area is 85.6 Å². The highest BCUT2D eigenvalue weighted by Crippen LogP contribution is 2.16. The van der Waals surface area contributed by atoms with Gasteiger partial charge in [0.05, 0.1) is 0 Å². The minimum Gasteiger partial charge on any atom is -0.342 e. The smallest absolute Gasteiger partial charge is 0.222 e. The van der Waals surface area contributed by atoms with Crippen LogP contribution in [-0.2, 0) is 4.79 Å². The molecule has 0 saturated carbocycles. The van der Waals surface area contributed by atoms with Crippen LogP contribution in [-0.4, -0.2) is 37.0 Å². The molecule has 82 valence electrons. The van der Waals surface area contributed by atoms with Gasteiger partial charge in [0.1, 0.15) is 0 Å². The SMILES string of the molecule is NCCCCCN1CC(CN)CC1=O. The van der Waals surface area contributed by atoms with Gasteiger partial charge in [-0.25, -0.2) is 0 Å². The first-order valence-electron chi connectivity index (χ1n) is 5.45. The molecule has 1 fully saturated rings. The molecule has 14 heavy (non-hydrogen) atoms. The van der Waals surface area contributed by atoms with E-state index in [1.807, 2.05) is 4.90 Å². The van der Waals surface area contributed by atoms with E-state index in [-0.39, 0.29) is 5.91 Å². The van der Waals surface area contributed by atoms with Gasteiger partial charge in [0.25, 0.3) is 0 Å².